The Balaban J connectivity index is 1.87. The van der Waals surface area contributed by atoms with Crippen molar-refractivity contribution in [2.75, 3.05) is 31.0 Å². The Morgan fingerprint density at radius 2 is 1.86 bits per heavy atom. The van der Waals surface area contributed by atoms with Crippen LogP contribution in [0.5, 0.6) is 11.5 Å². The molecule has 2 aromatic carbocycles. The van der Waals surface area contributed by atoms with E-state index in [2.05, 4.69) is 5.32 Å². The average Bonchev–Trinajstić information content (AvgIpc) is 2.72. The Kier molecular flexibility index (Phi) is 5.87. The molecule has 1 aliphatic heterocycles. The summed E-state index contributed by atoms with van der Waals surface area (Å²) in [5, 5.41) is 2.91. The van der Waals surface area contributed by atoms with Crippen LogP contribution in [0, 0.1) is 5.92 Å². The standard InChI is InChI=1S/C22H26N2O4/c1-14(2)22(26)24-11-5-6-15-7-8-16(12-19(15)24)23-21(25)18-10-9-17(27-3)13-20(18)28-4/h7-10,12-14H,5-6,11H2,1-4H3,(H,23,25). The molecule has 0 saturated heterocycles. The van der Waals surface area contributed by atoms with Crippen molar-refractivity contribution in [3.63, 3.8) is 0 Å². The summed E-state index contributed by atoms with van der Waals surface area (Å²) in [7, 11) is 3.08. The predicted molar refractivity (Wildman–Crippen MR) is 109 cm³/mol. The third-order valence-electron chi connectivity index (χ3n) is 4.88. The number of nitrogens with zero attached hydrogens (tertiary/aromatic N) is 1. The highest BCUT2D eigenvalue weighted by molar-refractivity contribution is 6.07. The van der Waals surface area contributed by atoms with Gasteiger partial charge in [0.1, 0.15) is 11.5 Å². The van der Waals surface area contributed by atoms with Crippen molar-refractivity contribution in [3.05, 3.63) is 47.5 Å². The molecule has 1 N–H and O–H groups in total. The van der Waals surface area contributed by atoms with E-state index in [1.165, 1.54) is 7.11 Å². The molecule has 0 spiro atoms. The Labute approximate surface area is 165 Å². The summed E-state index contributed by atoms with van der Waals surface area (Å²) in [5.41, 5.74) is 3.06. The van der Waals surface area contributed by atoms with Gasteiger partial charge >= 0.3 is 0 Å². The smallest absolute Gasteiger partial charge is 0.259 e. The molecule has 0 saturated carbocycles. The molecule has 0 unspecified atom stereocenters. The van der Waals surface area contributed by atoms with Crippen LogP contribution in [0.4, 0.5) is 11.4 Å². The number of methoxy groups -OCH3 is 2. The fourth-order valence-electron chi connectivity index (χ4n) is 3.38. The van der Waals surface area contributed by atoms with Gasteiger partial charge in [-0.15, -0.1) is 0 Å². The van der Waals surface area contributed by atoms with Crippen LogP contribution in [0.15, 0.2) is 36.4 Å². The van der Waals surface area contributed by atoms with Gasteiger partial charge in [-0.05, 0) is 42.7 Å². The third kappa shape index (κ3) is 3.96. The molecule has 0 aromatic heterocycles. The molecule has 0 atom stereocenters. The van der Waals surface area contributed by atoms with Crippen molar-refractivity contribution >= 4 is 23.2 Å². The third-order valence-corrected chi connectivity index (χ3v) is 4.88. The Bertz CT molecular complexity index is 892. The summed E-state index contributed by atoms with van der Waals surface area (Å²) in [6.07, 6.45) is 1.87. The topological polar surface area (TPSA) is 67.9 Å². The van der Waals surface area contributed by atoms with Gasteiger partial charge in [0.15, 0.2) is 0 Å². The lowest BCUT2D eigenvalue weighted by Crippen LogP contribution is -2.38. The van der Waals surface area contributed by atoms with Crippen LogP contribution in [0.1, 0.15) is 36.2 Å². The molecule has 0 bridgehead atoms. The van der Waals surface area contributed by atoms with Crippen LogP contribution in [0.25, 0.3) is 0 Å². The van der Waals surface area contributed by atoms with Gasteiger partial charge in [-0.3, -0.25) is 9.59 Å². The van der Waals surface area contributed by atoms with Crippen LogP contribution in [-0.4, -0.2) is 32.6 Å². The molecular weight excluding hydrogens is 356 g/mol. The number of carbonyl (C=O) groups excluding carboxylic acids is 2. The van der Waals surface area contributed by atoms with E-state index in [4.69, 9.17) is 9.47 Å². The number of fused-ring (bicyclic) bond motifs is 1. The number of carbonyl (C=O) groups is 2. The van der Waals surface area contributed by atoms with Crippen molar-refractivity contribution in [3.8, 4) is 11.5 Å². The lowest BCUT2D eigenvalue weighted by molar-refractivity contribution is -0.121. The van der Waals surface area contributed by atoms with Crippen molar-refractivity contribution in [1.29, 1.82) is 0 Å². The van der Waals surface area contributed by atoms with E-state index >= 15 is 0 Å². The molecule has 6 heteroatoms. The van der Waals surface area contributed by atoms with E-state index in [0.717, 1.165) is 24.1 Å². The van der Waals surface area contributed by atoms with Crippen LogP contribution in [0.3, 0.4) is 0 Å². The molecule has 1 heterocycles. The molecule has 3 rings (SSSR count). The minimum Gasteiger partial charge on any atom is -0.497 e. The van der Waals surface area contributed by atoms with Crippen LogP contribution >= 0.6 is 0 Å². The van der Waals surface area contributed by atoms with Crippen molar-refractivity contribution in [2.24, 2.45) is 5.92 Å². The summed E-state index contributed by atoms with van der Waals surface area (Å²) in [6, 6.07) is 10.8. The highest BCUT2D eigenvalue weighted by Crippen LogP contribution is 2.32. The monoisotopic (exact) mass is 382 g/mol. The normalized spacial score (nSPS) is 13.1. The van der Waals surface area contributed by atoms with Gasteiger partial charge in [0.05, 0.1) is 19.8 Å². The maximum atomic E-state index is 12.8. The second-order valence-corrected chi connectivity index (χ2v) is 7.11. The van der Waals surface area contributed by atoms with E-state index in [1.54, 1.807) is 25.3 Å². The van der Waals surface area contributed by atoms with Gasteiger partial charge in [-0.25, -0.2) is 0 Å². The predicted octanol–water partition coefficient (Wildman–Crippen LogP) is 3.89. The zero-order valence-corrected chi connectivity index (χ0v) is 16.7. The summed E-state index contributed by atoms with van der Waals surface area (Å²) >= 11 is 0. The van der Waals surface area contributed by atoms with Gasteiger partial charge in [0.2, 0.25) is 5.91 Å². The molecule has 2 amide bonds. The molecule has 1 aliphatic rings. The minimum absolute atomic E-state index is 0.0762. The number of hydrogen-bond acceptors (Lipinski definition) is 4. The summed E-state index contributed by atoms with van der Waals surface area (Å²) in [5.74, 6) is 0.794. The van der Waals surface area contributed by atoms with Crippen LogP contribution in [0.2, 0.25) is 0 Å². The van der Waals surface area contributed by atoms with E-state index in [0.29, 0.717) is 29.3 Å². The fourth-order valence-corrected chi connectivity index (χ4v) is 3.38. The lowest BCUT2D eigenvalue weighted by Gasteiger charge is -2.31. The highest BCUT2D eigenvalue weighted by Gasteiger charge is 2.25. The summed E-state index contributed by atoms with van der Waals surface area (Å²) in [6.45, 7) is 4.50. The Morgan fingerprint density at radius 3 is 2.54 bits per heavy atom. The van der Waals surface area contributed by atoms with Crippen LogP contribution in [-0.2, 0) is 11.2 Å². The number of rotatable bonds is 5. The molecular formula is C22H26N2O4. The number of hydrogen-bond donors (Lipinski definition) is 1. The second-order valence-electron chi connectivity index (χ2n) is 7.11. The molecule has 0 radical (unpaired) electrons. The first-order valence-corrected chi connectivity index (χ1v) is 9.42. The minimum atomic E-state index is -0.281. The summed E-state index contributed by atoms with van der Waals surface area (Å²) < 4.78 is 10.5. The molecule has 0 aliphatic carbocycles. The van der Waals surface area contributed by atoms with Crippen molar-refractivity contribution in [2.45, 2.75) is 26.7 Å². The number of ether oxygens (including phenoxy) is 2. The zero-order valence-electron chi connectivity index (χ0n) is 16.7. The molecule has 2 aromatic rings. The molecule has 148 valence electrons. The van der Waals surface area contributed by atoms with Gasteiger partial charge in [0, 0.05) is 29.9 Å². The van der Waals surface area contributed by atoms with E-state index < -0.39 is 0 Å². The largest absolute Gasteiger partial charge is 0.497 e. The Hall–Kier alpha value is -3.02. The Morgan fingerprint density at radius 1 is 1.07 bits per heavy atom. The second kappa shape index (κ2) is 8.33. The van der Waals surface area contributed by atoms with Gasteiger partial charge < -0.3 is 19.7 Å². The quantitative estimate of drug-likeness (QED) is 0.852. The first-order chi connectivity index (χ1) is 13.4. The van der Waals surface area contributed by atoms with E-state index in [9.17, 15) is 9.59 Å². The molecule has 28 heavy (non-hydrogen) atoms. The molecule has 0 fully saturated rings. The number of nitrogens with one attached hydrogen (secondary N) is 1. The van der Waals surface area contributed by atoms with Gasteiger partial charge in [-0.1, -0.05) is 19.9 Å². The van der Waals surface area contributed by atoms with E-state index in [1.807, 2.05) is 36.9 Å². The van der Waals surface area contributed by atoms with Crippen molar-refractivity contribution in [1.82, 2.24) is 0 Å². The first kappa shape index (κ1) is 19.7. The van der Waals surface area contributed by atoms with E-state index in [-0.39, 0.29) is 17.7 Å². The van der Waals surface area contributed by atoms with Gasteiger partial charge in [0.25, 0.3) is 5.91 Å². The number of anilines is 2. The highest BCUT2D eigenvalue weighted by atomic mass is 16.5. The SMILES string of the molecule is COc1ccc(C(=O)Nc2ccc3c(c2)N(C(=O)C(C)C)CCC3)c(OC)c1. The lowest BCUT2D eigenvalue weighted by atomic mass is 9.99. The van der Waals surface area contributed by atoms with Gasteiger partial charge in [-0.2, -0.15) is 0 Å². The number of amides is 2. The summed E-state index contributed by atoms with van der Waals surface area (Å²) in [4.78, 5) is 27.2. The fraction of sp³-hybridized carbons (Fsp3) is 0.364. The van der Waals surface area contributed by atoms with Crippen molar-refractivity contribution < 1.29 is 19.1 Å². The first-order valence-electron chi connectivity index (χ1n) is 9.42. The maximum absolute atomic E-state index is 12.8. The molecule has 6 nitrogen and oxygen atoms in total. The van der Waals surface area contributed by atoms with Crippen LogP contribution < -0.4 is 19.7 Å². The average molecular weight is 382 g/mol. The number of aryl methyl sites for hydroxylation is 1. The zero-order chi connectivity index (χ0) is 20.3. The number of benzene rings is 2. The maximum Gasteiger partial charge on any atom is 0.259 e.